The normalized spacial score (nSPS) is 17.6. The molecule has 0 saturated carbocycles. The van der Waals surface area contributed by atoms with Crippen molar-refractivity contribution in [1.82, 2.24) is 10.1 Å². The van der Waals surface area contributed by atoms with Crippen molar-refractivity contribution in [2.24, 2.45) is 5.92 Å². The number of amides is 1. The Labute approximate surface area is 128 Å². The van der Waals surface area contributed by atoms with Crippen molar-refractivity contribution in [3.05, 3.63) is 38.9 Å². The van der Waals surface area contributed by atoms with Gasteiger partial charge in [-0.05, 0) is 43.7 Å². The van der Waals surface area contributed by atoms with E-state index in [-0.39, 0.29) is 5.91 Å². The fourth-order valence-corrected chi connectivity index (χ4v) is 4.01. The van der Waals surface area contributed by atoms with E-state index in [1.807, 2.05) is 20.0 Å². The molecule has 0 aromatic carbocycles. The summed E-state index contributed by atoms with van der Waals surface area (Å²) in [4.78, 5) is 16.5. The van der Waals surface area contributed by atoms with Crippen LogP contribution >= 0.6 is 11.3 Å². The number of fused-ring (bicyclic) bond motifs is 1. The Hall–Kier alpha value is -1.62. The molecule has 1 aliphatic rings. The molecule has 0 saturated heterocycles. The minimum absolute atomic E-state index is 0.0720. The van der Waals surface area contributed by atoms with E-state index in [4.69, 9.17) is 4.52 Å². The van der Waals surface area contributed by atoms with Gasteiger partial charge in [0, 0.05) is 18.0 Å². The zero-order valence-corrected chi connectivity index (χ0v) is 13.5. The summed E-state index contributed by atoms with van der Waals surface area (Å²) in [6.45, 7) is 4.61. The van der Waals surface area contributed by atoms with Gasteiger partial charge in [-0.1, -0.05) is 12.1 Å². The molecule has 2 aromatic rings. The fourth-order valence-electron chi connectivity index (χ4n) is 2.81. The van der Waals surface area contributed by atoms with Crippen molar-refractivity contribution >= 4 is 17.2 Å². The van der Waals surface area contributed by atoms with Gasteiger partial charge in [-0.15, -0.1) is 11.3 Å². The lowest BCUT2D eigenvalue weighted by Gasteiger charge is -2.16. The highest BCUT2D eigenvalue weighted by Crippen LogP contribution is 2.32. The van der Waals surface area contributed by atoms with E-state index in [2.05, 4.69) is 18.1 Å². The van der Waals surface area contributed by atoms with Crippen LogP contribution in [0.25, 0.3) is 0 Å². The molecule has 0 N–H and O–H groups in total. The van der Waals surface area contributed by atoms with Crippen LogP contribution in [-0.2, 0) is 19.4 Å². The summed E-state index contributed by atoms with van der Waals surface area (Å²) in [5, 5.41) is 3.94. The van der Waals surface area contributed by atoms with Gasteiger partial charge in [0.15, 0.2) is 0 Å². The number of rotatable bonds is 3. The van der Waals surface area contributed by atoms with Crippen molar-refractivity contribution in [1.29, 1.82) is 0 Å². The van der Waals surface area contributed by atoms with Crippen LogP contribution in [0, 0.1) is 12.8 Å². The lowest BCUT2D eigenvalue weighted by Crippen LogP contribution is -2.25. The highest BCUT2D eigenvalue weighted by Gasteiger charge is 2.22. The monoisotopic (exact) mass is 304 g/mol. The second kappa shape index (κ2) is 5.64. The van der Waals surface area contributed by atoms with Crippen molar-refractivity contribution in [3.63, 3.8) is 0 Å². The third kappa shape index (κ3) is 3.02. The van der Waals surface area contributed by atoms with E-state index < -0.39 is 0 Å². The van der Waals surface area contributed by atoms with E-state index in [1.54, 1.807) is 16.2 Å². The first-order chi connectivity index (χ1) is 10.0. The zero-order chi connectivity index (χ0) is 15.0. The maximum atomic E-state index is 12.5. The van der Waals surface area contributed by atoms with Crippen molar-refractivity contribution < 1.29 is 9.32 Å². The number of aromatic nitrogens is 1. The van der Waals surface area contributed by atoms with Crippen molar-refractivity contribution in [3.8, 4) is 0 Å². The average molecular weight is 304 g/mol. The first-order valence-electron chi connectivity index (χ1n) is 7.32. The Kier molecular flexibility index (Phi) is 3.85. The second-order valence-electron chi connectivity index (χ2n) is 6.00. The number of hydrogen-bond donors (Lipinski definition) is 0. The van der Waals surface area contributed by atoms with Crippen LogP contribution in [0.4, 0.5) is 0 Å². The van der Waals surface area contributed by atoms with Gasteiger partial charge in [0.05, 0.1) is 11.4 Å². The number of nitrogens with zero attached hydrogens (tertiary/aromatic N) is 2. The maximum absolute atomic E-state index is 12.5. The summed E-state index contributed by atoms with van der Waals surface area (Å²) in [6.07, 6.45) is 3.45. The summed E-state index contributed by atoms with van der Waals surface area (Å²) < 4.78 is 5.04. The van der Waals surface area contributed by atoms with Gasteiger partial charge in [0.1, 0.15) is 11.5 Å². The van der Waals surface area contributed by atoms with Crippen LogP contribution in [-0.4, -0.2) is 23.0 Å². The Balaban J connectivity index is 1.72. The number of carbonyl (C=O) groups is 1. The molecule has 4 nitrogen and oxygen atoms in total. The van der Waals surface area contributed by atoms with Crippen LogP contribution in [0.2, 0.25) is 0 Å². The molecule has 2 aromatic heterocycles. The predicted molar refractivity (Wildman–Crippen MR) is 82.5 cm³/mol. The average Bonchev–Trinajstić information content (AvgIpc) is 3.03. The highest BCUT2D eigenvalue weighted by molar-refractivity contribution is 7.14. The molecule has 1 atom stereocenters. The first kappa shape index (κ1) is 14.3. The van der Waals surface area contributed by atoms with Crippen molar-refractivity contribution in [2.75, 3.05) is 7.05 Å². The zero-order valence-electron chi connectivity index (χ0n) is 12.7. The van der Waals surface area contributed by atoms with Crippen LogP contribution in [0.15, 0.2) is 16.7 Å². The number of thiophene rings is 1. The lowest BCUT2D eigenvalue weighted by molar-refractivity contribution is 0.0787. The summed E-state index contributed by atoms with van der Waals surface area (Å²) >= 11 is 1.65. The standard InChI is InChI=1S/C16H20N2O2S/c1-10-4-5-14-12(6-10)8-15(21-14)16(19)18(3)9-13-7-11(2)20-17-13/h7-8,10H,4-6,9H2,1-3H3/t10-/m1/s1. The summed E-state index contributed by atoms with van der Waals surface area (Å²) in [5.41, 5.74) is 2.16. The van der Waals surface area contributed by atoms with Crippen LogP contribution in [0.3, 0.4) is 0 Å². The molecule has 2 heterocycles. The van der Waals surface area contributed by atoms with E-state index >= 15 is 0 Å². The number of carbonyl (C=O) groups excluding carboxylic acids is 1. The van der Waals surface area contributed by atoms with E-state index in [1.165, 1.54) is 16.9 Å². The molecule has 0 unspecified atom stereocenters. The Morgan fingerprint density at radius 3 is 3.05 bits per heavy atom. The molecule has 0 radical (unpaired) electrons. The van der Waals surface area contributed by atoms with Crippen LogP contribution in [0.5, 0.6) is 0 Å². The summed E-state index contributed by atoms with van der Waals surface area (Å²) in [5.74, 6) is 1.57. The molecule has 3 rings (SSSR count). The van der Waals surface area contributed by atoms with E-state index in [0.29, 0.717) is 6.54 Å². The Morgan fingerprint density at radius 1 is 1.52 bits per heavy atom. The Bertz CT molecular complexity index is 659. The van der Waals surface area contributed by atoms with Gasteiger partial charge in [-0.3, -0.25) is 4.79 Å². The molecule has 5 heteroatoms. The molecule has 1 amide bonds. The maximum Gasteiger partial charge on any atom is 0.264 e. The molecular formula is C16H20N2O2S. The molecule has 21 heavy (non-hydrogen) atoms. The van der Waals surface area contributed by atoms with E-state index in [0.717, 1.165) is 35.1 Å². The Morgan fingerprint density at radius 2 is 2.33 bits per heavy atom. The molecule has 0 aliphatic heterocycles. The second-order valence-corrected chi connectivity index (χ2v) is 7.13. The topological polar surface area (TPSA) is 46.3 Å². The quantitative estimate of drug-likeness (QED) is 0.872. The summed E-state index contributed by atoms with van der Waals surface area (Å²) in [7, 11) is 1.81. The fraction of sp³-hybridized carbons (Fsp3) is 0.500. The van der Waals surface area contributed by atoms with Crippen LogP contribution < -0.4 is 0 Å². The first-order valence-corrected chi connectivity index (χ1v) is 8.14. The van der Waals surface area contributed by atoms with Gasteiger partial charge in [0.25, 0.3) is 5.91 Å². The summed E-state index contributed by atoms with van der Waals surface area (Å²) in [6, 6.07) is 3.95. The molecular weight excluding hydrogens is 284 g/mol. The van der Waals surface area contributed by atoms with Gasteiger partial charge >= 0.3 is 0 Å². The molecule has 0 fully saturated rings. The minimum atomic E-state index is 0.0720. The minimum Gasteiger partial charge on any atom is -0.361 e. The van der Waals surface area contributed by atoms with E-state index in [9.17, 15) is 4.79 Å². The molecule has 1 aliphatic carbocycles. The number of hydrogen-bond acceptors (Lipinski definition) is 4. The van der Waals surface area contributed by atoms with Gasteiger partial charge in [-0.2, -0.15) is 0 Å². The highest BCUT2D eigenvalue weighted by atomic mass is 32.1. The predicted octanol–water partition coefficient (Wildman–Crippen LogP) is 3.44. The van der Waals surface area contributed by atoms with Gasteiger partial charge < -0.3 is 9.42 Å². The smallest absolute Gasteiger partial charge is 0.264 e. The van der Waals surface area contributed by atoms with Crippen LogP contribution in [0.1, 0.15) is 44.9 Å². The molecule has 0 bridgehead atoms. The SMILES string of the molecule is Cc1cc(CN(C)C(=O)c2cc3c(s2)CC[C@@H](C)C3)no1. The molecule has 0 spiro atoms. The lowest BCUT2D eigenvalue weighted by atomic mass is 9.90. The number of aryl methyl sites for hydroxylation is 2. The molecule has 112 valence electrons. The van der Waals surface area contributed by atoms with Gasteiger partial charge in [0.2, 0.25) is 0 Å². The third-order valence-corrected chi connectivity index (χ3v) is 5.19. The van der Waals surface area contributed by atoms with Gasteiger partial charge in [-0.25, -0.2) is 0 Å². The largest absolute Gasteiger partial charge is 0.361 e. The van der Waals surface area contributed by atoms with Crippen molar-refractivity contribution in [2.45, 2.75) is 39.7 Å². The third-order valence-electron chi connectivity index (χ3n) is 3.96.